The summed E-state index contributed by atoms with van der Waals surface area (Å²) in [6.45, 7) is 3.87. The van der Waals surface area contributed by atoms with Crippen molar-refractivity contribution in [1.82, 2.24) is 14.8 Å². The molecule has 0 saturated carbocycles. The van der Waals surface area contributed by atoms with Crippen molar-refractivity contribution < 1.29 is 8.42 Å². The van der Waals surface area contributed by atoms with Gasteiger partial charge in [0.1, 0.15) is 4.90 Å². The summed E-state index contributed by atoms with van der Waals surface area (Å²) < 4.78 is 29.8. The topological polar surface area (TPSA) is 76.9 Å². The van der Waals surface area contributed by atoms with E-state index in [4.69, 9.17) is 0 Å². The largest absolute Gasteiger partial charge is 0.279 e. The number of benzene rings is 1. The Morgan fingerprint density at radius 3 is 2.86 bits per heavy atom. The van der Waals surface area contributed by atoms with Crippen LogP contribution in [0.3, 0.4) is 0 Å². The summed E-state index contributed by atoms with van der Waals surface area (Å²) in [5, 5.41) is 4.05. The quantitative estimate of drug-likeness (QED) is 0.801. The Labute approximate surface area is 126 Å². The van der Waals surface area contributed by atoms with Crippen molar-refractivity contribution in [3.05, 3.63) is 36.1 Å². The predicted molar refractivity (Wildman–Crippen MR) is 83.0 cm³/mol. The minimum absolute atomic E-state index is 0.111. The molecular formula is C13H14N4O2S2. The summed E-state index contributed by atoms with van der Waals surface area (Å²) in [5.41, 5.74) is 3.00. The number of rotatable bonds is 4. The van der Waals surface area contributed by atoms with Crippen molar-refractivity contribution in [2.24, 2.45) is 0 Å². The number of anilines is 1. The third-order valence-corrected chi connectivity index (χ3v) is 5.15. The second-order valence-corrected chi connectivity index (χ2v) is 7.46. The van der Waals surface area contributed by atoms with E-state index in [9.17, 15) is 8.42 Å². The van der Waals surface area contributed by atoms with Crippen LogP contribution in [0.4, 0.5) is 5.69 Å². The zero-order chi connectivity index (χ0) is 15.0. The first kappa shape index (κ1) is 14.0. The highest BCUT2D eigenvalue weighted by Gasteiger charge is 2.17. The lowest BCUT2D eigenvalue weighted by atomic mass is 10.3. The van der Waals surface area contributed by atoms with Crippen LogP contribution in [0, 0.1) is 0 Å². The lowest BCUT2D eigenvalue weighted by Crippen LogP contribution is -2.12. The Morgan fingerprint density at radius 1 is 1.33 bits per heavy atom. The van der Waals surface area contributed by atoms with Crippen molar-refractivity contribution in [3.8, 4) is 0 Å². The van der Waals surface area contributed by atoms with Crippen molar-refractivity contribution in [1.29, 1.82) is 0 Å². The van der Waals surface area contributed by atoms with Gasteiger partial charge in [-0.25, -0.2) is 13.4 Å². The highest BCUT2D eigenvalue weighted by molar-refractivity contribution is 7.92. The van der Waals surface area contributed by atoms with Crippen LogP contribution in [-0.2, 0) is 10.0 Å². The van der Waals surface area contributed by atoms with Crippen LogP contribution in [0.25, 0.3) is 10.2 Å². The van der Waals surface area contributed by atoms with E-state index in [2.05, 4.69) is 14.8 Å². The maximum Gasteiger partial charge on any atom is 0.265 e. The molecule has 0 unspecified atom stereocenters. The third kappa shape index (κ3) is 2.77. The molecule has 0 radical (unpaired) electrons. The van der Waals surface area contributed by atoms with E-state index in [0.29, 0.717) is 5.69 Å². The summed E-state index contributed by atoms with van der Waals surface area (Å²) in [6, 6.07) is 5.41. The average Bonchev–Trinajstić information content (AvgIpc) is 3.07. The molecule has 3 aromatic rings. The van der Waals surface area contributed by atoms with E-state index in [1.54, 1.807) is 22.3 Å². The van der Waals surface area contributed by atoms with Crippen molar-refractivity contribution in [2.45, 2.75) is 24.8 Å². The molecule has 2 heterocycles. The molecule has 0 fully saturated rings. The van der Waals surface area contributed by atoms with Gasteiger partial charge in [-0.2, -0.15) is 5.10 Å². The molecule has 0 aliphatic heterocycles. The summed E-state index contributed by atoms with van der Waals surface area (Å²) in [4.78, 5) is 4.32. The normalized spacial score (nSPS) is 12.1. The van der Waals surface area contributed by atoms with Gasteiger partial charge in [0.05, 0.1) is 27.6 Å². The van der Waals surface area contributed by atoms with Crippen LogP contribution in [0.5, 0.6) is 0 Å². The molecule has 3 rings (SSSR count). The number of nitrogens with zero attached hydrogens (tertiary/aromatic N) is 3. The number of thiazole rings is 1. The van der Waals surface area contributed by atoms with Gasteiger partial charge in [0.15, 0.2) is 0 Å². The minimum Gasteiger partial charge on any atom is -0.279 e. The van der Waals surface area contributed by atoms with Crippen LogP contribution in [0.2, 0.25) is 0 Å². The Hall–Kier alpha value is -1.93. The molecule has 0 spiro atoms. The molecule has 6 nitrogen and oxygen atoms in total. The van der Waals surface area contributed by atoms with Gasteiger partial charge >= 0.3 is 0 Å². The van der Waals surface area contributed by atoms with E-state index in [0.717, 1.165) is 10.2 Å². The van der Waals surface area contributed by atoms with Gasteiger partial charge in [0, 0.05) is 12.2 Å². The third-order valence-electron chi connectivity index (χ3n) is 3.00. The molecule has 0 saturated heterocycles. The van der Waals surface area contributed by atoms with Gasteiger partial charge in [-0.05, 0) is 32.0 Å². The van der Waals surface area contributed by atoms with Gasteiger partial charge < -0.3 is 0 Å². The molecule has 1 aromatic carbocycles. The van der Waals surface area contributed by atoms with E-state index < -0.39 is 10.0 Å². The second-order valence-electron chi connectivity index (χ2n) is 4.89. The molecule has 8 heteroatoms. The maximum atomic E-state index is 12.3. The Bertz CT molecular complexity index is 880. The van der Waals surface area contributed by atoms with Crippen LogP contribution in [0.1, 0.15) is 19.9 Å². The number of hydrogen-bond donors (Lipinski definition) is 1. The SMILES string of the molecule is CC(C)n1cc(S(=O)(=O)Nc2ccc3scnc3c2)cn1. The fourth-order valence-corrected chi connectivity index (χ4v) is 3.52. The van der Waals surface area contributed by atoms with Crippen molar-refractivity contribution >= 4 is 37.3 Å². The molecular weight excluding hydrogens is 308 g/mol. The van der Waals surface area contributed by atoms with E-state index >= 15 is 0 Å². The van der Waals surface area contributed by atoms with E-state index in [1.807, 2.05) is 19.9 Å². The molecule has 0 bridgehead atoms. The summed E-state index contributed by atoms with van der Waals surface area (Å²) in [5.74, 6) is 0. The van der Waals surface area contributed by atoms with Gasteiger partial charge in [-0.15, -0.1) is 11.3 Å². The summed E-state index contributed by atoms with van der Waals surface area (Å²) in [6.07, 6.45) is 2.87. The first-order valence-corrected chi connectivity index (χ1v) is 8.72. The van der Waals surface area contributed by atoms with Crippen LogP contribution < -0.4 is 4.72 Å². The minimum atomic E-state index is -3.64. The number of nitrogens with one attached hydrogen (secondary N) is 1. The lowest BCUT2D eigenvalue weighted by molar-refractivity contribution is 0.531. The molecule has 1 N–H and O–H groups in total. The zero-order valence-corrected chi connectivity index (χ0v) is 13.1. The van der Waals surface area contributed by atoms with Crippen LogP contribution >= 0.6 is 11.3 Å². The van der Waals surface area contributed by atoms with Crippen molar-refractivity contribution in [3.63, 3.8) is 0 Å². The Kier molecular flexibility index (Phi) is 3.42. The Balaban J connectivity index is 1.90. The van der Waals surface area contributed by atoms with E-state index in [-0.39, 0.29) is 10.9 Å². The monoisotopic (exact) mass is 322 g/mol. The highest BCUT2D eigenvalue weighted by atomic mass is 32.2. The molecule has 0 aliphatic rings. The molecule has 0 amide bonds. The Morgan fingerprint density at radius 2 is 2.14 bits per heavy atom. The number of hydrogen-bond acceptors (Lipinski definition) is 5. The van der Waals surface area contributed by atoms with Gasteiger partial charge in [0.25, 0.3) is 10.0 Å². The van der Waals surface area contributed by atoms with E-state index in [1.165, 1.54) is 23.7 Å². The van der Waals surface area contributed by atoms with Gasteiger partial charge in [0.2, 0.25) is 0 Å². The lowest BCUT2D eigenvalue weighted by Gasteiger charge is -2.06. The van der Waals surface area contributed by atoms with Crippen LogP contribution in [0.15, 0.2) is 41.0 Å². The van der Waals surface area contributed by atoms with Gasteiger partial charge in [-0.1, -0.05) is 0 Å². The first-order valence-electron chi connectivity index (χ1n) is 6.36. The standard InChI is InChI=1S/C13H14N4O2S2/c1-9(2)17-7-11(6-15-17)21(18,19)16-10-3-4-13-12(5-10)14-8-20-13/h3-9,16H,1-2H3. The first-order chi connectivity index (χ1) is 9.95. The molecule has 0 atom stereocenters. The highest BCUT2D eigenvalue weighted by Crippen LogP contribution is 2.23. The number of aromatic nitrogens is 3. The van der Waals surface area contributed by atoms with Crippen LogP contribution in [-0.4, -0.2) is 23.2 Å². The second kappa shape index (κ2) is 5.12. The molecule has 0 aliphatic carbocycles. The molecule has 2 aromatic heterocycles. The fraction of sp³-hybridized carbons (Fsp3) is 0.231. The zero-order valence-electron chi connectivity index (χ0n) is 11.5. The number of sulfonamides is 1. The number of fused-ring (bicyclic) bond motifs is 1. The molecule has 21 heavy (non-hydrogen) atoms. The smallest absolute Gasteiger partial charge is 0.265 e. The fourth-order valence-electron chi connectivity index (χ4n) is 1.88. The van der Waals surface area contributed by atoms with Gasteiger partial charge in [-0.3, -0.25) is 9.40 Å². The van der Waals surface area contributed by atoms with Crippen molar-refractivity contribution in [2.75, 3.05) is 4.72 Å². The average molecular weight is 322 g/mol. The predicted octanol–water partition coefficient (Wildman–Crippen LogP) is 2.87. The molecule has 110 valence electrons. The summed E-state index contributed by atoms with van der Waals surface area (Å²) >= 11 is 1.52. The maximum absolute atomic E-state index is 12.3. The summed E-state index contributed by atoms with van der Waals surface area (Å²) in [7, 11) is -3.64.